The summed E-state index contributed by atoms with van der Waals surface area (Å²) in [7, 11) is -5.29. The molecule has 0 saturated heterocycles. The smallest absolute Gasteiger partial charge is 0.790 e. The number of phosphoric acid groups is 1. The Balaban J connectivity index is -0.000000136. The molecule has 12 heteroatoms. The number of hydrogen-bond donors (Lipinski definition) is 1. The van der Waals surface area contributed by atoms with E-state index in [0.717, 1.165) is 19.3 Å². The Kier molecular flexibility index (Phi) is 36.9. The predicted molar refractivity (Wildman–Crippen MR) is 152 cm³/mol. The van der Waals surface area contributed by atoms with E-state index < -0.39 is 39.1 Å². The average Bonchev–Trinajstić information content (AvgIpc) is 2.83. The van der Waals surface area contributed by atoms with E-state index in [4.69, 9.17) is 9.47 Å². The van der Waals surface area contributed by atoms with Gasteiger partial charge in [-0.2, -0.15) is 0 Å². The Labute approximate surface area is 288 Å². The van der Waals surface area contributed by atoms with Crippen molar-refractivity contribution in [3.8, 4) is 47.4 Å². The van der Waals surface area contributed by atoms with Crippen molar-refractivity contribution in [3.63, 3.8) is 0 Å². The van der Waals surface area contributed by atoms with Crippen LogP contribution in [0.25, 0.3) is 0 Å². The number of rotatable bonds is 18. The summed E-state index contributed by atoms with van der Waals surface area (Å²) in [5, 5.41) is 0. The van der Waals surface area contributed by atoms with E-state index in [1.165, 1.54) is 44.9 Å². The Morgan fingerprint density at radius 3 is 1.79 bits per heavy atom. The van der Waals surface area contributed by atoms with Gasteiger partial charge in [0.15, 0.2) is 6.10 Å². The normalized spacial score (nSPS) is 9.85. The average molecular weight is 596 g/mol. The number of hydrogen-bond acceptors (Lipinski definition) is 9. The van der Waals surface area contributed by atoms with E-state index in [2.05, 4.69) is 58.8 Å². The summed E-state index contributed by atoms with van der Waals surface area (Å²) in [6.45, 7) is 2.53. The Hall–Kier alpha value is -0.750. The first-order chi connectivity index (χ1) is 17.3. The molecule has 220 valence electrons. The van der Waals surface area contributed by atoms with Crippen LogP contribution in [-0.4, -0.2) is 31.3 Å². The zero-order valence-electron chi connectivity index (χ0n) is 23.9. The summed E-state index contributed by atoms with van der Waals surface area (Å²) in [5.74, 6) is 17.3. The van der Waals surface area contributed by atoms with E-state index in [0.29, 0.717) is 6.42 Å². The molecule has 0 radical (unpaired) electrons. The fourth-order valence-corrected chi connectivity index (χ4v) is 3.29. The van der Waals surface area contributed by atoms with Crippen molar-refractivity contribution in [2.75, 3.05) is 13.2 Å². The van der Waals surface area contributed by atoms with E-state index >= 15 is 0 Å². The van der Waals surface area contributed by atoms with Crippen LogP contribution in [0.1, 0.15) is 101 Å². The molecule has 0 aliphatic heterocycles. The van der Waals surface area contributed by atoms with Crippen LogP contribution in [-0.2, 0) is 28.2 Å². The van der Waals surface area contributed by atoms with Gasteiger partial charge in [0.25, 0.3) is 0 Å². The molecule has 0 aromatic rings. The van der Waals surface area contributed by atoms with Crippen LogP contribution < -0.4 is 75.1 Å². The van der Waals surface area contributed by atoms with Crippen LogP contribution in [0.5, 0.6) is 0 Å². The van der Waals surface area contributed by atoms with Crippen molar-refractivity contribution in [1.29, 1.82) is 0 Å². The van der Waals surface area contributed by atoms with Gasteiger partial charge in [-0.05, 0) is 48.9 Å². The van der Waals surface area contributed by atoms with Crippen LogP contribution in [0, 0.1) is 47.4 Å². The summed E-state index contributed by atoms with van der Waals surface area (Å²) >= 11 is 0. The molecule has 0 saturated carbocycles. The monoisotopic (exact) mass is 595 g/mol. The van der Waals surface area contributed by atoms with E-state index in [-0.39, 0.29) is 81.7 Å². The Morgan fingerprint density at radius 1 is 0.795 bits per heavy atom. The first-order valence-corrected chi connectivity index (χ1v) is 13.7. The predicted octanol–water partition coefficient (Wildman–Crippen LogP) is -1.09. The van der Waals surface area contributed by atoms with Gasteiger partial charge in [0.1, 0.15) is 6.61 Å². The van der Waals surface area contributed by atoms with Crippen LogP contribution in [0.4, 0.5) is 0 Å². The second-order valence-electron chi connectivity index (χ2n) is 7.86. The summed E-state index contributed by atoms with van der Waals surface area (Å²) in [4.78, 5) is 45.3. The summed E-state index contributed by atoms with van der Waals surface area (Å²) in [6, 6.07) is 0. The second-order valence-corrected chi connectivity index (χ2v) is 9.02. The molecule has 0 bridgehead atoms. The molecule has 0 aromatic heterocycles. The second kappa shape index (κ2) is 31.8. The van der Waals surface area contributed by atoms with Crippen LogP contribution >= 0.6 is 7.82 Å². The Bertz CT molecular complexity index is 984. The minimum absolute atomic E-state index is 0. The van der Waals surface area contributed by atoms with Gasteiger partial charge < -0.3 is 34.5 Å². The van der Waals surface area contributed by atoms with Gasteiger partial charge in [-0.15, -0.1) is 0 Å². The van der Waals surface area contributed by atoms with Gasteiger partial charge in [0.2, 0.25) is 0 Å². The summed E-state index contributed by atoms with van der Waals surface area (Å²) < 4.78 is 24.9. The molecule has 0 aliphatic rings. The van der Waals surface area contributed by atoms with Crippen LogP contribution in [0.2, 0.25) is 0 Å². The molecule has 0 unspecified atom stereocenters. The number of ether oxygens (including phenoxy) is 2. The molecule has 0 amide bonds. The quantitative estimate of drug-likeness (QED) is 0.0519. The topological polar surface area (TPSA) is 160 Å². The minimum atomic E-state index is -5.29. The Morgan fingerprint density at radius 2 is 1.28 bits per heavy atom. The number of unbranched alkanes of at least 4 members (excludes halogenated alkanes) is 10. The standard InChI is InChI=1S/C27H37O8P.H3N.2Na.7H2/c1-3-5-7-9-11-12-13-14-16-18-20-22-27(29)35-25(24-34-36(30,31)32)23-33-26(28)21-19-17-15-10-8-6-4-2;;;;;;;;;;/h25H,3,5,7,9,11-14,16,18,20,22-24H2,1-2H3,(H2,30,31,32);1H3;;;7*1H/q;;2*+1;;;;;;;/p-2/t25-;;;;;;;;;;/m1........../s1. The molecule has 0 aromatic carbocycles. The molecule has 0 rings (SSSR count). The van der Waals surface area contributed by atoms with Crippen LogP contribution in [0.3, 0.4) is 0 Å². The number of phosphoric ester groups is 1. The zero-order valence-corrected chi connectivity index (χ0v) is 28.8. The van der Waals surface area contributed by atoms with Gasteiger partial charge in [0, 0.05) is 22.3 Å². The molecular weight excluding hydrogens is 543 g/mol. The molecule has 39 heavy (non-hydrogen) atoms. The molecule has 0 heterocycles. The van der Waals surface area contributed by atoms with E-state index in [1.54, 1.807) is 6.92 Å². The summed E-state index contributed by atoms with van der Waals surface area (Å²) in [5.41, 5.74) is 0. The van der Waals surface area contributed by atoms with E-state index in [9.17, 15) is 23.9 Å². The van der Waals surface area contributed by atoms with Gasteiger partial charge in [-0.3, -0.25) is 4.79 Å². The van der Waals surface area contributed by atoms with Gasteiger partial charge in [0.05, 0.1) is 14.4 Å². The molecule has 0 spiro atoms. The first kappa shape index (κ1) is 45.2. The number of carbonyl (C=O) groups is 2. The largest absolute Gasteiger partial charge is 1.00 e. The third kappa shape index (κ3) is 35.2. The molecular formula is C27H52NNa2O8P. The SMILES string of the molecule is CC#CC#CC#CC#CC(=O)OC[C@H](COP(=O)([O-])[O-])OC(=O)CCCCCCCCCCCCC.N.[HH].[HH].[HH].[HH].[HH].[HH].[HH].[Na+].[Na+]. The fraction of sp³-hybridized carbons (Fsp3) is 0.630. The maximum Gasteiger partial charge on any atom is 1.00 e. The van der Waals surface area contributed by atoms with Crippen molar-refractivity contribution in [2.45, 2.75) is 97.0 Å². The van der Waals surface area contributed by atoms with Crippen molar-refractivity contribution < 1.29 is 107 Å². The molecule has 9 nitrogen and oxygen atoms in total. The molecule has 3 N–H and O–H groups in total. The minimum Gasteiger partial charge on any atom is -0.790 e. The molecule has 0 aliphatic carbocycles. The van der Waals surface area contributed by atoms with E-state index in [1.807, 2.05) is 0 Å². The maximum atomic E-state index is 12.1. The van der Waals surface area contributed by atoms with Gasteiger partial charge >= 0.3 is 71.1 Å². The van der Waals surface area contributed by atoms with Crippen molar-refractivity contribution >= 4 is 19.8 Å². The van der Waals surface area contributed by atoms with Crippen LogP contribution in [0.15, 0.2) is 0 Å². The van der Waals surface area contributed by atoms with Crippen molar-refractivity contribution in [2.24, 2.45) is 0 Å². The number of carbonyl (C=O) groups excluding carboxylic acids is 2. The number of esters is 2. The van der Waals surface area contributed by atoms with Gasteiger partial charge in [-0.1, -0.05) is 77.1 Å². The van der Waals surface area contributed by atoms with Crippen molar-refractivity contribution in [3.05, 3.63) is 0 Å². The van der Waals surface area contributed by atoms with Gasteiger partial charge in [-0.25, -0.2) is 4.79 Å². The summed E-state index contributed by atoms with van der Waals surface area (Å²) in [6.07, 6.45) is 11.3. The fourth-order valence-electron chi connectivity index (χ4n) is 2.94. The first-order valence-electron chi connectivity index (χ1n) is 12.2. The van der Waals surface area contributed by atoms with Crippen molar-refractivity contribution in [1.82, 2.24) is 6.15 Å². The molecule has 0 fully saturated rings. The maximum absolute atomic E-state index is 12.1. The molecule has 1 atom stereocenters. The zero-order chi connectivity index (χ0) is 26.9. The third-order valence-corrected chi connectivity index (χ3v) is 5.17. The third-order valence-electron chi connectivity index (χ3n) is 4.70.